The Morgan fingerprint density at radius 2 is 2.33 bits per heavy atom. The maximum absolute atomic E-state index is 11.8. The molecule has 0 aromatic carbocycles. The first kappa shape index (κ1) is 10.1. The van der Waals surface area contributed by atoms with Crippen LogP contribution in [-0.2, 0) is 0 Å². The van der Waals surface area contributed by atoms with Gasteiger partial charge in [-0.3, -0.25) is 9.78 Å². The monoisotopic (exact) mass is 205 g/mol. The molecule has 1 fully saturated rings. The van der Waals surface area contributed by atoms with Gasteiger partial charge < -0.3 is 11.1 Å². The van der Waals surface area contributed by atoms with E-state index in [-0.39, 0.29) is 18.0 Å². The highest BCUT2D eigenvalue weighted by Crippen LogP contribution is 2.18. The number of aryl methyl sites for hydroxylation is 1. The Balaban J connectivity index is 1.99. The minimum atomic E-state index is -0.0440. The fraction of sp³-hybridized carbons (Fsp3) is 0.455. The number of nitrogens with two attached hydrogens (primary N) is 1. The molecule has 0 aliphatic heterocycles. The van der Waals surface area contributed by atoms with Crippen molar-refractivity contribution < 1.29 is 4.79 Å². The van der Waals surface area contributed by atoms with E-state index in [1.807, 2.05) is 6.92 Å². The van der Waals surface area contributed by atoms with Gasteiger partial charge in [-0.05, 0) is 31.9 Å². The Kier molecular flexibility index (Phi) is 2.68. The van der Waals surface area contributed by atoms with Crippen LogP contribution in [0.25, 0.3) is 0 Å². The molecule has 1 saturated carbocycles. The van der Waals surface area contributed by atoms with Crippen LogP contribution in [-0.4, -0.2) is 23.0 Å². The summed E-state index contributed by atoms with van der Waals surface area (Å²) in [5, 5.41) is 2.94. The fourth-order valence-corrected chi connectivity index (χ4v) is 1.77. The van der Waals surface area contributed by atoms with E-state index in [1.165, 1.54) is 0 Å². The van der Waals surface area contributed by atoms with E-state index in [1.54, 1.807) is 18.3 Å². The molecule has 0 saturated heterocycles. The first-order valence-electron chi connectivity index (χ1n) is 5.15. The van der Waals surface area contributed by atoms with Crippen LogP contribution in [0.15, 0.2) is 18.3 Å². The van der Waals surface area contributed by atoms with E-state index in [0.29, 0.717) is 5.56 Å². The molecule has 2 rings (SSSR count). The zero-order chi connectivity index (χ0) is 10.8. The molecule has 3 N–H and O–H groups in total. The summed E-state index contributed by atoms with van der Waals surface area (Å²) in [6.07, 6.45) is 3.45. The molecule has 0 radical (unpaired) electrons. The van der Waals surface area contributed by atoms with Crippen LogP contribution in [0, 0.1) is 6.92 Å². The summed E-state index contributed by atoms with van der Waals surface area (Å²) in [7, 11) is 0. The predicted octanol–water partition coefficient (Wildman–Crippen LogP) is 0.610. The van der Waals surface area contributed by atoms with E-state index in [9.17, 15) is 4.79 Å². The zero-order valence-electron chi connectivity index (χ0n) is 8.73. The van der Waals surface area contributed by atoms with Crippen LogP contribution < -0.4 is 11.1 Å². The smallest absolute Gasteiger partial charge is 0.253 e. The standard InChI is InChI=1S/C11H15N3O/c1-7-10(3-2-4-13-7)11(15)14-9-5-8(12)6-9/h2-4,8-9H,5-6,12H2,1H3,(H,14,15). The molecule has 4 heteroatoms. The maximum Gasteiger partial charge on any atom is 0.253 e. The molecule has 0 atom stereocenters. The molecule has 1 aromatic rings. The summed E-state index contributed by atoms with van der Waals surface area (Å²) in [6.45, 7) is 1.83. The molecule has 0 unspecified atom stereocenters. The van der Waals surface area contributed by atoms with Crippen molar-refractivity contribution >= 4 is 5.91 Å². The second-order valence-electron chi connectivity index (χ2n) is 4.04. The lowest BCUT2D eigenvalue weighted by Gasteiger charge is -2.33. The first-order chi connectivity index (χ1) is 7.16. The van der Waals surface area contributed by atoms with Crippen LogP contribution in [0.5, 0.6) is 0 Å². The molecule has 1 aliphatic carbocycles. The average molecular weight is 205 g/mol. The lowest BCUT2D eigenvalue weighted by Crippen LogP contribution is -2.50. The van der Waals surface area contributed by atoms with E-state index in [2.05, 4.69) is 10.3 Å². The van der Waals surface area contributed by atoms with Crippen molar-refractivity contribution in [3.05, 3.63) is 29.6 Å². The number of pyridine rings is 1. The fourth-order valence-electron chi connectivity index (χ4n) is 1.77. The Hall–Kier alpha value is -1.42. The van der Waals surface area contributed by atoms with Crippen LogP contribution >= 0.6 is 0 Å². The van der Waals surface area contributed by atoms with Gasteiger partial charge in [-0.2, -0.15) is 0 Å². The van der Waals surface area contributed by atoms with Crippen molar-refractivity contribution in [1.29, 1.82) is 0 Å². The highest BCUT2D eigenvalue weighted by molar-refractivity contribution is 5.95. The number of hydrogen-bond donors (Lipinski definition) is 2. The first-order valence-corrected chi connectivity index (χ1v) is 5.15. The molecule has 0 spiro atoms. The number of rotatable bonds is 2. The Morgan fingerprint density at radius 1 is 1.60 bits per heavy atom. The molecule has 0 bridgehead atoms. The van der Waals surface area contributed by atoms with E-state index >= 15 is 0 Å². The van der Waals surface area contributed by atoms with Crippen LogP contribution in [0.2, 0.25) is 0 Å². The topological polar surface area (TPSA) is 68.0 Å². The van der Waals surface area contributed by atoms with Gasteiger partial charge in [0.1, 0.15) is 0 Å². The van der Waals surface area contributed by atoms with Crippen molar-refractivity contribution in [2.24, 2.45) is 5.73 Å². The third kappa shape index (κ3) is 2.15. The van der Waals surface area contributed by atoms with Gasteiger partial charge >= 0.3 is 0 Å². The van der Waals surface area contributed by atoms with Crippen molar-refractivity contribution in [3.63, 3.8) is 0 Å². The highest BCUT2D eigenvalue weighted by Gasteiger charge is 2.27. The number of aromatic nitrogens is 1. The lowest BCUT2D eigenvalue weighted by atomic mass is 9.87. The number of nitrogens with one attached hydrogen (secondary N) is 1. The Bertz CT molecular complexity index is 372. The molecule has 15 heavy (non-hydrogen) atoms. The van der Waals surface area contributed by atoms with Crippen LogP contribution in [0.4, 0.5) is 0 Å². The Morgan fingerprint density at radius 3 is 2.93 bits per heavy atom. The molecular formula is C11H15N3O. The van der Waals surface area contributed by atoms with Gasteiger partial charge in [0.05, 0.1) is 5.56 Å². The van der Waals surface area contributed by atoms with E-state index < -0.39 is 0 Å². The maximum atomic E-state index is 11.8. The number of carbonyl (C=O) groups is 1. The van der Waals surface area contributed by atoms with Crippen molar-refractivity contribution in [2.45, 2.75) is 31.8 Å². The van der Waals surface area contributed by atoms with Gasteiger partial charge in [-0.15, -0.1) is 0 Å². The largest absolute Gasteiger partial charge is 0.349 e. The summed E-state index contributed by atoms with van der Waals surface area (Å²) in [4.78, 5) is 15.9. The van der Waals surface area contributed by atoms with Crippen molar-refractivity contribution in [3.8, 4) is 0 Å². The predicted molar refractivity (Wildman–Crippen MR) is 57.4 cm³/mol. The average Bonchev–Trinajstić information content (AvgIpc) is 2.16. The summed E-state index contributed by atoms with van der Waals surface area (Å²) < 4.78 is 0. The quantitative estimate of drug-likeness (QED) is 0.743. The van der Waals surface area contributed by atoms with Crippen LogP contribution in [0.1, 0.15) is 28.9 Å². The number of hydrogen-bond acceptors (Lipinski definition) is 3. The third-order valence-electron chi connectivity index (χ3n) is 2.76. The number of amides is 1. The summed E-state index contributed by atoms with van der Waals surface area (Å²) in [6, 6.07) is 4.06. The third-order valence-corrected chi connectivity index (χ3v) is 2.76. The van der Waals surface area contributed by atoms with Crippen LogP contribution in [0.3, 0.4) is 0 Å². The normalized spacial score (nSPS) is 24.4. The number of nitrogens with zero attached hydrogens (tertiary/aromatic N) is 1. The van der Waals surface area contributed by atoms with E-state index in [4.69, 9.17) is 5.73 Å². The molecule has 1 amide bonds. The van der Waals surface area contributed by atoms with Crippen molar-refractivity contribution in [1.82, 2.24) is 10.3 Å². The van der Waals surface area contributed by atoms with Gasteiger partial charge in [0.25, 0.3) is 5.91 Å². The SMILES string of the molecule is Cc1ncccc1C(=O)NC1CC(N)C1. The van der Waals surface area contributed by atoms with Gasteiger partial charge in [-0.1, -0.05) is 0 Å². The van der Waals surface area contributed by atoms with Gasteiger partial charge in [0.15, 0.2) is 0 Å². The second kappa shape index (κ2) is 3.98. The van der Waals surface area contributed by atoms with Gasteiger partial charge in [0.2, 0.25) is 0 Å². The lowest BCUT2D eigenvalue weighted by molar-refractivity contribution is 0.0909. The Labute approximate surface area is 88.9 Å². The highest BCUT2D eigenvalue weighted by atomic mass is 16.1. The molecule has 1 aromatic heterocycles. The summed E-state index contributed by atoms with van der Waals surface area (Å²) in [5.74, 6) is -0.0440. The van der Waals surface area contributed by atoms with E-state index in [0.717, 1.165) is 18.5 Å². The summed E-state index contributed by atoms with van der Waals surface area (Å²) in [5.41, 5.74) is 7.06. The molecular weight excluding hydrogens is 190 g/mol. The molecule has 80 valence electrons. The number of carbonyl (C=O) groups excluding carboxylic acids is 1. The minimum Gasteiger partial charge on any atom is -0.349 e. The molecule has 1 aliphatic rings. The minimum absolute atomic E-state index is 0.0440. The molecule has 1 heterocycles. The summed E-state index contributed by atoms with van der Waals surface area (Å²) >= 11 is 0. The molecule has 4 nitrogen and oxygen atoms in total. The zero-order valence-corrected chi connectivity index (χ0v) is 8.73. The van der Waals surface area contributed by atoms with Gasteiger partial charge in [0, 0.05) is 24.0 Å². The second-order valence-corrected chi connectivity index (χ2v) is 4.04. The van der Waals surface area contributed by atoms with Crippen molar-refractivity contribution in [2.75, 3.05) is 0 Å². The van der Waals surface area contributed by atoms with Gasteiger partial charge in [-0.25, -0.2) is 0 Å².